The highest BCUT2D eigenvalue weighted by Crippen LogP contribution is 2.25. The minimum absolute atomic E-state index is 0.0950. The molecule has 23 heavy (non-hydrogen) atoms. The van der Waals surface area contributed by atoms with Crippen LogP contribution in [0.25, 0.3) is 0 Å². The van der Waals surface area contributed by atoms with Gasteiger partial charge in [-0.25, -0.2) is 4.98 Å². The Hall–Kier alpha value is -2.11. The van der Waals surface area contributed by atoms with Crippen LogP contribution >= 0.6 is 0 Å². The molecular weight excluding hydrogens is 296 g/mol. The zero-order valence-corrected chi connectivity index (χ0v) is 13.7. The molecule has 2 N–H and O–H groups in total. The molecule has 6 nitrogen and oxygen atoms in total. The van der Waals surface area contributed by atoms with Crippen LogP contribution in [0, 0.1) is 0 Å². The summed E-state index contributed by atoms with van der Waals surface area (Å²) in [6, 6.07) is 3.23. The number of amides is 1. The fourth-order valence-electron chi connectivity index (χ4n) is 2.60. The molecule has 0 unspecified atom stereocenters. The molecule has 1 saturated carbocycles. The molecule has 1 aromatic heterocycles. The molecule has 6 heteroatoms. The van der Waals surface area contributed by atoms with Gasteiger partial charge in [0.15, 0.2) is 0 Å². The summed E-state index contributed by atoms with van der Waals surface area (Å²) in [5.74, 6) is -0.771. The molecule has 0 saturated heterocycles. The van der Waals surface area contributed by atoms with Crippen LogP contribution in [0.5, 0.6) is 5.88 Å². The van der Waals surface area contributed by atoms with Crippen LogP contribution in [0.15, 0.2) is 18.3 Å². The fourth-order valence-corrected chi connectivity index (χ4v) is 2.60. The quantitative estimate of drug-likeness (QED) is 0.769. The fraction of sp³-hybridized carbons (Fsp3) is 0.588. The van der Waals surface area contributed by atoms with Crippen molar-refractivity contribution in [2.24, 2.45) is 0 Å². The normalized spacial score (nSPS) is 14.9. The number of aromatic nitrogens is 1. The number of hydrogen-bond acceptors (Lipinski definition) is 4. The highest BCUT2D eigenvalue weighted by molar-refractivity contribution is 5.95. The van der Waals surface area contributed by atoms with Gasteiger partial charge in [-0.3, -0.25) is 9.59 Å². The molecule has 1 aromatic rings. The predicted octanol–water partition coefficient (Wildman–Crippen LogP) is 2.78. The van der Waals surface area contributed by atoms with E-state index in [-0.39, 0.29) is 18.4 Å². The SMILES string of the molecule is CCC(CC)(CC(=O)O)NC(=O)c1ccnc(OC2CCC2)c1. The zero-order valence-electron chi connectivity index (χ0n) is 13.7. The maximum absolute atomic E-state index is 12.5. The first-order valence-electron chi connectivity index (χ1n) is 8.15. The van der Waals surface area contributed by atoms with Gasteiger partial charge in [-0.15, -0.1) is 0 Å². The van der Waals surface area contributed by atoms with E-state index in [2.05, 4.69) is 10.3 Å². The van der Waals surface area contributed by atoms with Gasteiger partial charge in [0.1, 0.15) is 6.10 Å². The largest absolute Gasteiger partial charge is 0.481 e. The molecule has 2 rings (SSSR count). The molecule has 0 spiro atoms. The number of rotatable bonds is 8. The summed E-state index contributed by atoms with van der Waals surface area (Å²) in [7, 11) is 0. The molecule has 0 atom stereocenters. The molecule has 1 amide bonds. The topological polar surface area (TPSA) is 88.5 Å². The molecule has 0 aliphatic heterocycles. The summed E-state index contributed by atoms with van der Waals surface area (Å²) in [6.07, 6.45) is 5.95. The number of nitrogens with zero attached hydrogens (tertiary/aromatic N) is 1. The first-order chi connectivity index (χ1) is 11.0. The minimum Gasteiger partial charge on any atom is -0.481 e. The van der Waals surface area contributed by atoms with E-state index in [4.69, 9.17) is 9.84 Å². The molecule has 0 radical (unpaired) electrons. The van der Waals surface area contributed by atoms with E-state index < -0.39 is 11.5 Å². The lowest BCUT2D eigenvalue weighted by molar-refractivity contribution is -0.138. The van der Waals surface area contributed by atoms with Gasteiger partial charge in [-0.1, -0.05) is 13.8 Å². The molecule has 1 aliphatic carbocycles. The third-order valence-electron chi connectivity index (χ3n) is 4.56. The Balaban J connectivity index is 2.08. The van der Waals surface area contributed by atoms with Crippen molar-refractivity contribution in [2.45, 2.75) is 64.0 Å². The van der Waals surface area contributed by atoms with E-state index in [0.29, 0.717) is 24.3 Å². The monoisotopic (exact) mass is 320 g/mol. The van der Waals surface area contributed by atoms with Crippen molar-refractivity contribution in [3.8, 4) is 5.88 Å². The Morgan fingerprint density at radius 3 is 2.61 bits per heavy atom. The van der Waals surface area contributed by atoms with Crippen molar-refractivity contribution in [1.29, 1.82) is 0 Å². The van der Waals surface area contributed by atoms with E-state index in [1.165, 1.54) is 0 Å². The number of nitrogens with one attached hydrogen (secondary N) is 1. The van der Waals surface area contributed by atoms with Crippen molar-refractivity contribution in [3.05, 3.63) is 23.9 Å². The van der Waals surface area contributed by atoms with E-state index in [9.17, 15) is 9.59 Å². The number of hydrogen-bond donors (Lipinski definition) is 2. The Bertz CT molecular complexity index is 565. The van der Waals surface area contributed by atoms with Gasteiger partial charge in [0.2, 0.25) is 5.88 Å². The maximum atomic E-state index is 12.5. The summed E-state index contributed by atoms with van der Waals surface area (Å²) >= 11 is 0. The van der Waals surface area contributed by atoms with Crippen molar-refractivity contribution in [3.63, 3.8) is 0 Å². The number of ether oxygens (including phenoxy) is 1. The molecule has 1 heterocycles. The lowest BCUT2D eigenvalue weighted by Crippen LogP contribution is -2.49. The molecule has 1 aliphatic rings. The number of pyridine rings is 1. The van der Waals surface area contributed by atoms with Crippen LogP contribution < -0.4 is 10.1 Å². The zero-order chi connectivity index (χ0) is 16.9. The molecular formula is C17H24N2O4. The standard InChI is InChI=1S/C17H24N2O4/c1-3-17(4-2,11-15(20)21)19-16(22)12-8-9-18-14(10-12)23-13-6-5-7-13/h8-10,13H,3-7,11H2,1-2H3,(H,19,22)(H,20,21). The number of carbonyl (C=O) groups is 2. The Kier molecular flexibility index (Phi) is 5.58. The molecule has 126 valence electrons. The lowest BCUT2D eigenvalue weighted by Gasteiger charge is -2.31. The van der Waals surface area contributed by atoms with E-state index in [1.54, 1.807) is 18.3 Å². The van der Waals surface area contributed by atoms with Gasteiger partial charge < -0.3 is 15.2 Å². The van der Waals surface area contributed by atoms with E-state index in [1.807, 2.05) is 13.8 Å². The van der Waals surface area contributed by atoms with Gasteiger partial charge in [-0.2, -0.15) is 0 Å². The first kappa shape index (κ1) is 17.2. The summed E-state index contributed by atoms with van der Waals surface area (Å²) in [5.41, 5.74) is -0.299. The summed E-state index contributed by atoms with van der Waals surface area (Å²) in [4.78, 5) is 27.7. The van der Waals surface area contributed by atoms with Crippen LogP contribution in [0.1, 0.15) is 62.7 Å². The maximum Gasteiger partial charge on any atom is 0.305 e. The van der Waals surface area contributed by atoms with Gasteiger partial charge in [0, 0.05) is 17.8 Å². The summed E-state index contributed by atoms with van der Waals surface area (Å²) < 4.78 is 5.70. The highest BCUT2D eigenvalue weighted by Gasteiger charge is 2.31. The van der Waals surface area contributed by atoms with Crippen LogP contribution in [-0.2, 0) is 4.79 Å². The van der Waals surface area contributed by atoms with Gasteiger partial charge in [0.05, 0.1) is 12.0 Å². The lowest BCUT2D eigenvalue weighted by atomic mass is 9.88. The number of carboxylic acid groups (broad SMARTS) is 1. The third-order valence-corrected chi connectivity index (χ3v) is 4.56. The second-order valence-electron chi connectivity index (χ2n) is 6.07. The van der Waals surface area contributed by atoms with Crippen LogP contribution in [0.3, 0.4) is 0 Å². The summed E-state index contributed by atoms with van der Waals surface area (Å²) in [6.45, 7) is 3.76. The Morgan fingerprint density at radius 2 is 2.09 bits per heavy atom. The second-order valence-corrected chi connectivity index (χ2v) is 6.07. The summed E-state index contributed by atoms with van der Waals surface area (Å²) in [5, 5.41) is 12.0. The van der Waals surface area contributed by atoms with E-state index in [0.717, 1.165) is 19.3 Å². The van der Waals surface area contributed by atoms with Gasteiger partial charge >= 0.3 is 5.97 Å². The van der Waals surface area contributed by atoms with Crippen LogP contribution in [0.2, 0.25) is 0 Å². The van der Waals surface area contributed by atoms with Gasteiger partial charge in [-0.05, 0) is 38.2 Å². The minimum atomic E-state index is -0.919. The average Bonchev–Trinajstić information content (AvgIpc) is 2.50. The average molecular weight is 320 g/mol. The van der Waals surface area contributed by atoms with E-state index >= 15 is 0 Å². The second kappa shape index (κ2) is 7.44. The molecule has 0 bridgehead atoms. The first-order valence-corrected chi connectivity index (χ1v) is 8.15. The van der Waals surface area contributed by atoms with Crippen molar-refractivity contribution < 1.29 is 19.4 Å². The van der Waals surface area contributed by atoms with Crippen molar-refractivity contribution in [1.82, 2.24) is 10.3 Å². The van der Waals surface area contributed by atoms with Crippen molar-refractivity contribution >= 4 is 11.9 Å². The number of carbonyl (C=O) groups excluding carboxylic acids is 1. The Labute approximate surface area is 136 Å². The van der Waals surface area contributed by atoms with Crippen molar-refractivity contribution in [2.75, 3.05) is 0 Å². The third kappa shape index (κ3) is 4.43. The smallest absolute Gasteiger partial charge is 0.305 e. The number of carboxylic acids is 1. The molecule has 1 fully saturated rings. The van der Waals surface area contributed by atoms with Crippen LogP contribution in [0.4, 0.5) is 0 Å². The predicted molar refractivity (Wildman–Crippen MR) is 85.5 cm³/mol. The van der Waals surface area contributed by atoms with Gasteiger partial charge in [0.25, 0.3) is 5.91 Å². The van der Waals surface area contributed by atoms with Crippen LogP contribution in [-0.4, -0.2) is 33.6 Å². The Morgan fingerprint density at radius 1 is 1.39 bits per heavy atom. The molecule has 0 aromatic carbocycles. The number of aliphatic carboxylic acids is 1. The highest BCUT2D eigenvalue weighted by atomic mass is 16.5.